The molecule has 1 aromatic rings. The van der Waals surface area contributed by atoms with Crippen molar-refractivity contribution in [3.05, 3.63) is 40.9 Å². The van der Waals surface area contributed by atoms with Crippen LogP contribution >= 0.6 is 15.9 Å². The molecule has 0 heterocycles. The molecule has 0 aliphatic carbocycles. The molecule has 0 saturated carbocycles. The summed E-state index contributed by atoms with van der Waals surface area (Å²) in [4.78, 5) is 14.6. The summed E-state index contributed by atoms with van der Waals surface area (Å²) >= 11 is 3.14. The van der Waals surface area contributed by atoms with Gasteiger partial charge in [0.1, 0.15) is 0 Å². The van der Waals surface area contributed by atoms with Gasteiger partial charge in [-0.1, -0.05) is 45.8 Å². The molecule has 19 heavy (non-hydrogen) atoms. The smallest absolute Gasteiger partial charge is 0.420 e. The molecule has 0 amide bonds. The van der Waals surface area contributed by atoms with E-state index in [0.717, 1.165) is 5.56 Å². The van der Waals surface area contributed by atoms with E-state index in [0.29, 0.717) is 5.56 Å². The van der Waals surface area contributed by atoms with Crippen LogP contribution in [0.25, 0.3) is 5.53 Å². The third-order valence-electron chi connectivity index (χ3n) is 2.68. The number of carbonyl (C=O) groups excluding carboxylic acids is 1. The fourth-order valence-electron chi connectivity index (χ4n) is 1.60. The summed E-state index contributed by atoms with van der Waals surface area (Å²) in [5, 5.41) is 10.6. The lowest BCUT2D eigenvalue weighted by Gasteiger charge is -2.20. The molecule has 102 valence electrons. The van der Waals surface area contributed by atoms with Crippen molar-refractivity contribution < 1.29 is 19.4 Å². The highest BCUT2D eigenvalue weighted by Crippen LogP contribution is 2.25. The number of carbonyl (C=O) groups is 1. The average Bonchev–Trinajstić information content (AvgIpc) is 2.40. The molecule has 1 N–H and O–H groups in total. The molecule has 0 bridgehead atoms. The van der Waals surface area contributed by atoms with Crippen molar-refractivity contribution in [2.75, 3.05) is 11.9 Å². The van der Waals surface area contributed by atoms with E-state index in [1.54, 1.807) is 31.2 Å². The van der Waals surface area contributed by atoms with Gasteiger partial charge in [-0.15, -0.1) is 0 Å². The van der Waals surface area contributed by atoms with Crippen LogP contribution in [0.15, 0.2) is 24.3 Å². The van der Waals surface area contributed by atoms with Crippen molar-refractivity contribution in [1.29, 1.82) is 0 Å². The average molecular weight is 327 g/mol. The first-order chi connectivity index (χ1) is 8.99. The molecule has 0 aliphatic rings. The maximum absolute atomic E-state index is 11.7. The van der Waals surface area contributed by atoms with Gasteiger partial charge >= 0.3 is 11.7 Å². The number of hydrogen-bond donors (Lipinski definition) is 1. The highest BCUT2D eigenvalue weighted by Gasteiger charge is 2.47. The van der Waals surface area contributed by atoms with E-state index in [2.05, 4.69) is 20.7 Å². The van der Waals surface area contributed by atoms with Crippen LogP contribution in [0.2, 0.25) is 0 Å². The molecule has 1 unspecified atom stereocenters. The molecule has 0 radical (unpaired) electrons. The summed E-state index contributed by atoms with van der Waals surface area (Å²) in [5.74, 6) is -0.854. The fraction of sp³-hybridized carbons (Fsp3) is 0.385. The van der Waals surface area contributed by atoms with Crippen LogP contribution in [0.3, 0.4) is 0 Å². The molecule has 0 saturated heterocycles. The number of rotatable bonds is 5. The summed E-state index contributed by atoms with van der Waals surface area (Å²) in [6.45, 7) is 3.67. The Morgan fingerprint density at radius 1 is 1.47 bits per heavy atom. The van der Waals surface area contributed by atoms with E-state index < -0.39 is 17.3 Å². The van der Waals surface area contributed by atoms with Crippen molar-refractivity contribution >= 4 is 27.6 Å². The molecule has 0 aliphatic heterocycles. The molecule has 0 aromatic heterocycles. The first-order valence-electron chi connectivity index (χ1n) is 5.74. The van der Waals surface area contributed by atoms with Gasteiger partial charge in [0, 0.05) is 5.33 Å². The number of benzene rings is 1. The van der Waals surface area contributed by atoms with Crippen LogP contribution in [0.5, 0.6) is 0 Å². The lowest BCUT2D eigenvalue weighted by Crippen LogP contribution is -2.43. The van der Waals surface area contributed by atoms with E-state index in [1.165, 1.54) is 0 Å². The van der Waals surface area contributed by atoms with Crippen LogP contribution in [-0.2, 0) is 15.1 Å². The van der Waals surface area contributed by atoms with Crippen LogP contribution < -0.4 is 0 Å². The molecule has 1 aromatic carbocycles. The Morgan fingerprint density at radius 2 is 2.05 bits per heavy atom. The molecule has 1 rings (SSSR count). The predicted molar refractivity (Wildman–Crippen MR) is 74.1 cm³/mol. The largest absolute Gasteiger partial charge is 0.457 e. The van der Waals surface area contributed by atoms with Gasteiger partial charge < -0.3 is 15.4 Å². The van der Waals surface area contributed by atoms with Crippen molar-refractivity contribution in [2.45, 2.75) is 19.4 Å². The van der Waals surface area contributed by atoms with Gasteiger partial charge in [0.25, 0.3) is 0 Å². The number of aliphatic hydroxyl groups is 1. The van der Waals surface area contributed by atoms with Crippen molar-refractivity contribution in [3.8, 4) is 0 Å². The monoisotopic (exact) mass is 326 g/mol. The molecule has 5 nitrogen and oxygen atoms in total. The Hall–Kier alpha value is -1.49. The molecule has 6 heteroatoms. The van der Waals surface area contributed by atoms with Gasteiger partial charge in [-0.25, -0.2) is 4.79 Å². The van der Waals surface area contributed by atoms with Gasteiger partial charge in [-0.3, -0.25) is 0 Å². The number of esters is 1. The first kappa shape index (κ1) is 15.6. The summed E-state index contributed by atoms with van der Waals surface area (Å²) < 4.78 is 4.78. The topological polar surface area (TPSA) is 82.9 Å². The second-order valence-corrected chi connectivity index (χ2v) is 4.59. The number of hydrogen-bond acceptors (Lipinski definition) is 3. The Bertz CT molecular complexity index is 509. The second-order valence-electron chi connectivity index (χ2n) is 4.03. The van der Waals surface area contributed by atoms with Gasteiger partial charge in [0.05, 0.1) is 6.61 Å². The summed E-state index contributed by atoms with van der Waals surface area (Å²) in [7, 11) is 0. The SMILES string of the molecule is CCOC(=O)C(=[N+]=[N-])C(O)(CBr)c1ccc(C)cc1. The van der Waals surface area contributed by atoms with Crippen LogP contribution in [-0.4, -0.2) is 33.5 Å². The van der Waals surface area contributed by atoms with Crippen LogP contribution in [0.1, 0.15) is 18.1 Å². The standard InChI is InChI=1S/C13H15BrN2O3/c1-3-19-12(17)11(16-15)13(18,8-14)10-6-4-9(2)5-7-10/h4-7,18H,3,8H2,1-2H3. The zero-order chi connectivity index (χ0) is 14.5. The summed E-state index contributed by atoms with van der Waals surface area (Å²) in [6.07, 6.45) is 0. The summed E-state index contributed by atoms with van der Waals surface area (Å²) in [5.41, 5.74) is 8.28. The van der Waals surface area contributed by atoms with Gasteiger partial charge in [0.2, 0.25) is 5.60 Å². The Morgan fingerprint density at radius 3 is 2.47 bits per heavy atom. The van der Waals surface area contributed by atoms with Crippen molar-refractivity contribution in [1.82, 2.24) is 0 Å². The third-order valence-corrected chi connectivity index (χ3v) is 3.49. The van der Waals surface area contributed by atoms with E-state index in [1.807, 2.05) is 6.92 Å². The number of halogens is 1. The summed E-state index contributed by atoms with van der Waals surface area (Å²) in [6, 6.07) is 6.92. The van der Waals surface area contributed by atoms with Crippen LogP contribution in [0, 0.1) is 6.92 Å². The Kier molecular flexibility index (Phi) is 5.42. The Labute approximate surface area is 120 Å². The van der Waals surface area contributed by atoms with Gasteiger partial charge in [-0.05, 0) is 19.4 Å². The van der Waals surface area contributed by atoms with Gasteiger partial charge in [-0.2, -0.15) is 4.79 Å². The normalized spacial score (nSPS) is 13.3. The number of ether oxygens (including phenoxy) is 1. The minimum Gasteiger partial charge on any atom is -0.457 e. The first-order valence-corrected chi connectivity index (χ1v) is 6.86. The second kappa shape index (κ2) is 6.61. The number of alkyl halides is 1. The predicted octanol–water partition coefficient (Wildman–Crippen LogP) is 1.81. The zero-order valence-corrected chi connectivity index (χ0v) is 12.3. The maximum Gasteiger partial charge on any atom is 0.420 e. The Balaban J connectivity index is 3.25. The molecule has 0 spiro atoms. The van der Waals surface area contributed by atoms with E-state index >= 15 is 0 Å². The quantitative estimate of drug-likeness (QED) is 0.294. The van der Waals surface area contributed by atoms with E-state index in [9.17, 15) is 9.90 Å². The lowest BCUT2D eigenvalue weighted by molar-refractivity contribution is -0.143. The maximum atomic E-state index is 11.7. The van der Waals surface area contributed by atoms with E-state index in [4.69, 9.17) is 10.3 Å². The van der Waals surface area contributed by atoms with E-state index in [-0.39, 0.29) is 11.9 Å². The number of aryl methyl sites for hydroxylation is 1. The molecule has 0 fully saturated rings. The zero-order valence-electron chi connectivity index (χ0n) is 10.8. The minimum atomic E-state index is -1.74. The molecular weight excluding hydrogens is 312 g/mol. The minimum absolute atomic E-state index is 0.00126. The van der Waals surface area contributed by atoms with Crippen molar-refractivity contribution in [3.63, 3.8) is 0 Å². The van der Waals surface area contributed by atoms with Gasteiger partial charge in [0.15, 0.2) is 0 Å². The van der Waals surface area contributed by atoms with Crippen molar-refractivity contribution in [2.24, 2.45) is 0 Å². The fourth-order valence-corrected chi connectivity index (χ4v) is 2.19. The third kappa shape index (κ3) is 3.29. The lowest BCUT2D eigenvalue weighted by atomic mass is 9.90. The highest BCUT2D eigenvalue weighted by atomic mass is 79.9. The molecular formula is C13H15BrN2O3. The number of nitrogens with zero attached hydrogens (tertiary/aromatic N) is 2. The van der Waals surface area contributed by atoms with Crippen LogP contribution in [0.4, 0.5) is 0 Å². The molecule has 1 atom stereocenters. The highest BCUT2D eigenvalue weighted by molar-refractivity contribution is 9.09.